The maximum atomic E-state index is 12.0. The average molecular weight is 280 g/mol. The molecule has 0 fully saturated rings. The molecule has 0 radical (unpaired) electrons. The quantitative estimate of drug-likeness (QED) is 0.752. The van der Waals surface area contributed by atoms with E-state index in [-0.39, 0.29) is 29.0 Å². The number of carbonyl (C=O) groups excluding carboxylic acids is 2. The lowest BCUT2D eigenvalue weighted by Crippen LogP contribution is -2.46. The normalized spacial score (nSPS) is 11.8. The highest BCUT2D eigenvalue weighted by Crippen LogP contribution is 2.26. The van der Waals surface area contributed by atoms with Crippen molar-refractivity contribution >= 4 is 11.8 Å². The summed E-state index contributed by atoms with van der Waals surface area (Å²) in [6, 6.07) is 3.65. The third kappa shape index (κ3) is 4.15. The van der Waals surface area contributed by atoms with E-state index in [1.54, 1.807) is 6.92 Å². The van der Waals surface area contributed by atoms with E-state index in [1.165, 1.54) is 25.3 Å². The van der Waals surface area contributed by atoms with Crippen LogP contribution < -0.4 is 15.4 Å². The van der Waals surface area contributed by atoms with Gasteiger partial charge in [-0.05, 0) is 39.0 Å². The first-order valence-corrected chi connectivity index (χ1v) is 6.33. The smallest absolute Gasteiger partial charge is 0.252 e. The summed E-state index contributed by atoms with van der Waals surface area (Å²) < 4.78 is 4.90. The molecule has 0 aromatic heterocycles. The Labute approximate surface area is 118 Å². The van der Waals surface area contributed by atoms with Crippen LogP contribution >= 0.6 is 0 Å². The molecule has 3 N–H and O–H groups in total. The van der Waals surface area contributed by atoms with Gasteiger partial charge in [-0.15, -0.1) is 0 Å². The number of rotatable bonds is 5. The minimum atomic E-state index is -0.658. The topological polar surface area (TPSA) is 87.7 Å². The molecule has 1 rings (SSSR count). The summed E-state index contributed by atoms with van der Waals surface area (Å²) in [6.07, 6.45) is 0. The largest absolute Gasteiger partial charge is 0.504 e. The average Bonchev–Trinajstić information content (AvgIpc) is 2.37. The van der Waals surface area contributed by atoms with Gasteiger partial charge < -0.3 is 20.5 Å². The Kier molecular flexibility index (Phi) is 5.37. The van der Waals surface area contributed by atoms with E-state index < -0.39 is 11.9 Å². The number of carbonyl (C=O) groups is 2. The number of ether oxygens (including phenoxy) is 1. The second kappa shape index (κ2) is 6.79. The van der Waals surface area contributed by atoms with Gasteiger partial charge in [-0.2, -0.15) is 0 Å². The van der Waals surface area contributed by atoms with Crippen molar-refractivity contribution < 1.29 is 19.4 Å². The van der Waals surface area contributed by atoms with Crippen LogP contribution in [0.25, 0.3) is 0 Å². The number of amides is 2. The van der Waals surface area contributed by atoms with Gasteiger partial charge in [0.15, 0.2) is 11.5 Å². The van der Waals surface area contributed by atoms with Crippen molar-refractivity contribution in [2.45, 2.75) is 32.9 Å². The van der Waals surface area contributed by atoms with E-state index in [1.807, 2.05) is 13.8 Å². The molecule has 0 aliphatic rings. The highest BCUT2D eigenvalue weighted by Gasteiger charge is 2.17. The summed E-state index contributed by atoms with van der Waals surface area (Å²) >= 11 is 0. The van der Waals surface area contributed by atoms with Crippen molar-refractivity contribution in [2.75, 3.05) is 7.11 Å². The highest BCUT2D eigenvalue weighted by atomic mass is 16.5. The molecule has 1 aromatic rings. The maximum absolute atomic E-state index is 12.0. The van der Waals surface area contributed by atoms with Crippen LogP contribution in [0.4, 0.5) is 0 Å². The van der Waals surface area contributed by atoms with Gasteiger partial charge in [0, 0.05) is 11.6 Å². The fourth-order valence-corrected chi connectivity index (χ4v) is 1.59. The summed E-state index contributed by atoms with van der Waals surface area (Å²) in [5.41, 5.74) is 0.257. The molecule has 2 amide bonds. The van der Waals surface area contributed by atoms with Crippen LogP contribution in [0.2, 0.25) is 0 Å². The summed E-state index contributed by atoms with van der Waals surface area (Å²) in [7, 11) is 1.42. The molecule has 6 heteroatoms. The van der Waals surface area contributed by atoms with Crippen LogP contribution in [0, 0.1) is 0 Å². The highest BCUT2D eigenvalue weighted by molar-refractivity contribution is 5.97. The van der Waals surface area contributed by atoms with Gasteiger partial charge in [0.1, 0.15) is 6.04 Å². The summed E-state index contributed by atoms with van der Waals surface area (Å²) in [5.74, 6) is -0.535. The predicted molar refractivity (Wildman–Crippen MR) is 74.9 cm³/mol. The summed E-state index contributed by atoms with van der Waals surface area (Å²) in [5, 5.41) is 14.9. The zero-order valence-electron chi connectivity index (χ0n) is 12.1. The number of nitrogens with one attached hydrogen (secondary N) is 2. The predicted octanol–water partition coefficient (Wildman–Crippen LogP) is 1.04. The minimum absolute atomic E-state index is 0.00637. The monoisotopic (exact) mass is 280 g/mol. The van der Waals surface area contributed by atoms with Crippen LogP contribution in [0.15, 0.2) is 18.2 Å². The Balaban J connectivity index is 2.71. The molecule has 1 unspecified atom stereocenters. The van der Waals surface area contributed by atoms with Crippen molar-refractivity contribution in [3.05, 3.63) is 23.8 Å². The Hall–Kier alpha value is -2.24. The van der Waals surface area contributed by atoms with Gasteiger partial charge in [0.25, 0.3) is 5.91 Å². The minimum Gasteiger partial charge on any atom is -0.504 e. The molecule has 110 valence electrons. The molecule has 1 atom stereocenters. The zero-order valence-corrected chi connectivity index (χ0v) is 12.1. The first-order valence-electron chi connectivity index (χ1n) is 6.33. The summed E-state index contributed by atoms with van der Waals surface area (Å²) in [6.45, 7) is 5.28. The van der Waals surface area contributed by atoms with E-state index >= 15 is 0 Å². The van der Waals surface area contributed by atoms with E-state index in [2.05, 4.69) is 10.6 Å². The molecular weight excluding hydrogens is 260 g/mol. The molecule has 0 saturated carbocycles. The number of phenolic OH excluding ortho intramolecular Hbond substituents is 1. The van der Waals surface area contributed by atoms with Crippen molar-refractivity contribution in [3.8, 4) is 11.5 Å². The Bertz CT molecular complexity index is 500. The number of hydrogen-bond donors (Lipinski definition) is 3. The Morgan fingerprint density at radius 2 is 1.85 bits per heavy atom. The van der Waals surface area contributed by atoms with E-state index in [9.17, 15) is 14.7 Å². The standard InChI is InChI=1S/C14H20N2O4/c1-8(2)15-13(18)9(3)16-14(19)10-5-6-12(20-4)11(17)7-10/h5-9,17H,1-4H3,(H,15,18)(H,16,19). The summed E-state index contributed by atoms with van der Waals surface area (Å²) in [4.78, 5) is 23.6. The maximum Gasteiger partial charge on any atom is 0.252 e. The van der Waals surface area contributed by atoms with Crippen molar-refractivity contribution in [1.29, 1.82) is 0 Å². The van der Waals surface area contributed by atoms with Crippen LogP contribution in [0.5, 0.6) is 11.5 Å². The van der Waals surface area contributed by atoms with Crippen LogP contribution in [0.3, 0.4) is 0 Å². The molecule has 0 aliphatic carbocycles. The van der Waals surface area contributed by atoms with Gasteiger partial charge in [-0.25, -0.2) is 0 Å². The zero-order chi connectivity index (χ0) is 15.3. The molecule has 0 aliphatic heterocycles. The number of methoxy groups -OCH3 is 1. The number of aromatic hydroxyl groups is 1. The van der Waals surface area contributed by atoms with Crippen LogP contribution in [-0.4, -0.2) is 36.1 Å². The fraction of sp³-hybridized carbons (Fsp3) is 0.429. The van der Waals surface area contributed by atoms with Crippen molar-refractivity contribution in [3.63, 3.8) is 0 Å². The van der Waals surface area contributed by atoms with E-state index in [0.717, 1.165) is 0 Å². The Morgan fingerprint density at radius 3 is 2.35 bits per heavy atom. The molecular formula is C14H20N2O4. The lowest BCUT2D eigenvalue weighted by atomic mass is 10.1. The lowest BCUT2D eigenvalue weighted by Gasteiger charge is -2.16. The first kappa shape index (κ1) is 15.8. The van der Waals surface area contributed by atoms with Crippen LogP contribution in [0.1, 0.15) is 31.1 Å². The van der Waals surface area contributed by atoms with Gasteiger partial charge in [0.05, 0.1) is 7.11 Å². The number of phenols is 1. The van der Waals surface area contributed by atoms with Crippen LogP contribution in [-0.2, 0) is 4.79 Å². The SMILES string of the molecule is COc1ccc(C(=O)NC(C)C(=O)NC(C)C)cc1O. The van der Waals surface area contributed by atoms with Crippen molar-refractivity contribution in [1.82, 2.24) is 10.6 Å². The van der Waals surface area contributed by atoms with Gasteiger partial charge in [-0.1, -0.05) is 0 Å². The second-order valence-corrected chi connectivity index (χ2v) is 4.75. The molecule has 0 bridgehead atoms. The third-order valence-corrected chi connectivity index (χ3v) is 2.61. The van der Waals surface area contributed by atoms with E-state index in [0.29, 0.717) is 0 Å². The first-order chi connectivity index (χ1) is 9.35. The number of hydrogen-bond acceptors (Lipinski definition) is 4. The molecule has 6 nitrogen and oxygen atoms in total. The number of benzene rings is 1. The molecule has 20 heavy (non-hydrogen) atoms. The third-order valence-electron chi connectivity index (χ3n) is 2.61. The second-order valence-electron chi connectivity index (χ2n) is 4.75. The molecule has 1 aromatic carbocycles. The van der Waals surface area contributed by atoms with Gasteiger partial charge >= 0.3 is 0 Å². The Morgan fingerprint density at radius 1 is 1.20 bits per heavy atom. The van der Waals surface area contributed by atoms with Crippen molar-refractivity contribution in [2.24, 2.45) is 0 Å². The molecule has 0 heterocycles. The lowest BCUT2D eigenvalue weighted by molar-refractivity contribution is -0.123. The molecule has 0 spiro atoms. The van der Waals surface area contributed by atoms with Gasteiger partial charge in [-0.3, -0.25) is 9.59 Å². The van der Waals surface area contributed by atoms with E-state index in [4.69, 9.17) is 4.74 Å². The molecule has 0 saturated heterocycles. The van der Waals surface area contributed by atoms with Gasteiger partial charge in [0.2, 0.25) is 5.91 Å². The fourth-order valence-electron chi connectivity index (χ4n) is 1.59.